The Morgan fingerprint density at radius 2 is 2.00 bits per heavy atom. The Morgan fingerprint density at radius 3 is 2.50 bits per heavy atom. The number of carboxylic acid groups (broad SMARTS) is 1. The van der Waals surface area contributed by atoms with E-state index in [9.17, 15) is 9.59 Å². The summed E-state index contributed by atoms with van der Waals surface area (Å²) in [6.07, 6.45) is -0.770. The largest absolute Gasteiger partial charge is 0.481 e. The molecule has 1 atom stereocenters. The standard InChI is InChI=1S/C14H18BrNO4/c1-9(20-11-7-5-6-10(15)8-11)12(17)16(4)14(2,3)13(18)19/h5-9H,1-4H3,(H,18,19). The van der Waals surface area contributed by atoms with Crippen LogP contribution in [-0.4, -0.2) is 40.6 Å². The predicted octanol–water partition coefficient (Wildman–Crippen LogP) is 2.54. The summed E-state index contributed by atoms with van der Waals surface area (Å²) in [7, 11) is 1.46. The molecule has 20 heavy (non-hydrogen) atoms. The zero-order valence-electron chi connectivity index (χ0n) is 11.9. The van der Waals surface area contributed by atoms with Gasteiger partial charge in [-0.25, -0.2) is 4.79 Å². The number of ether oxygens (including phenoxy) is 1. The molecule has 0 aliphatic rings. The van der Waals surface area contributed by atoms with Crippen LogP contribution in [0.1, 0.15) is 20.8 Å². The van der Waals surface area contributed by atoms with Gasteiger partial charge < -0.3 is 14.7 Å². The average Bonchev–Trinajstić information content (AvgIpc) is 2.36. The van der Waals surface area contributed by atoms with Crippen molar-refractivity contribution in [3.63, 3.8) is 0 Å². The number of nitrogens with zero attached hydrogens (tertiary/aromatic N) is 1. The number of carboxylic acids is 1. The molecule has 1 aromatic rings. The number of carbonyl (C=O) groups is 2. The highest BCUT2D eigenvalue weighted by molar-refractivity contribution is 9.10. The molecule has 0 fully saturated rings. The van der Waals surface area contributed by atoms with Crippen LogP contribution in [0.4, 0.5) is 0 Å². The van der Waals surface area contributed by atoms with Gasteiger partial charge in [0.15, 0.2) is 6.10 Å². The molecule has 110 valence electrons. The maximum absolute atomic E-state index is 12.2. The van der Waals surface area contributed by atoms with E-state index in [2.05, 4.69) is 15.9 Å². The summed E-state index contributed by atoms with van der Waals surface area (Å²) in [5.41, 5.74) is -1.29. The molecule has 0 aliphatic heterocycles. The molecule has 6 heteroatoms. The summed E-state index contributed by atoms with van der Waals surface area (Å²) >= 11 is 3.32. The van der Waals surface area contributed by atoms with Crippen molar-refractivity contribution in [2.24, 2.45) is 0 Å². The third kappa shape index (κ3) is 3.72. The predicted molar refractivity (Wildman–Crippen MR) is 78.7 cm³/mol. The normalized spacial score (nSPS) is 12.7. The van der Waals surface area contributed by atoms with Crippen LogP contribution in [-0.2, 0) is 9.59 Å². The van der Waals surface area contributed by atoms with E-state index >= 15 is 0 Å². The monoisotopic (exact) mass is 343 g/mol. The van der Waals surface area contributed by atoms with Crippen LogP contribution in [0.25, 0.3) is 0 Å². The first kappa shape index (κ1) is 16.5. The second-order valence-electron chi connectivity index (χ2n) is 4.98. The lowest BCUT2D eigenvalue weighted by molar-refractivity contribution is -0.157. The lowest BCUT2D eigenvalue weighted by Gasteiger charge is -2.33. The highest BCUT2D eigenvalue weighted by Gasteiger charge is 2.37. The molecule has 0 radical (unpaired) electrons. The fourth-order valence-electron chi connectivity index (χ4n) is 1.49. The number of hydrogen-bond acceptors (Lipinski definition) is 3. The molecule has 0 heterocycles. The van der Waals surface area contributed by atoms with E-state index < -0.39 is 23.5 Å². The molecule has 0 bridgehead atoms. The van der Waals surface area contributed by atoms with E-state index in [1.54, 1.807) is 25.1 Å². The van der Waals surface area contributed by atoms with Gasteiger partial charge in [0.05, 0.1) is 0 Å². The maximum atomic E-state index is 12.2. The van der Waals surface area contributed by atoms with E-state index in [0.29, 0.717) is 5.75 Å². The van der Waals surface area contributed by atoms with Crippen LogP contribution < -0.4 is 4.74 Å². The fourth-order valence-corrected chi connectivity index (χ4v) is 1.86. The van der Waals surface area contributed by atoms with E-state index in [1.165, 1.54) is 25.8 Å². The van der Waals surface area contributed by atoms with Crippen molar-refractivity contribution >= 4 is 27.8 Å². The summed E-state index contributed by atoms with van der Waals surface area (Å²) in [6.45, 7) is 4.54. The molecule has 0 aromatic heterocycles. The van der Waals surface area contributed by atoms with Gasteiger partial charge in [-0.3, -0.25) is 4.79 Å². The molecular weight excluding hydrogens is 326 g/mol. The quantitative estimate of drug-likeness (QED) is 0.891. The van der Waals surface area contributed by atoms with Crippen molar-refractivity contribution in [3.05, 3.63) is 28.7 Å². The van der Waals surface area contributed by atoms with Gasteiger partial charge in [-0.05, 0) is 39.0 Å². The van der Waals surface area contributed by atoms with Crippen molar-refractivity contribution < 1.29 is 19.4 Å². The highest BCUT2D eigenvalue weighted by atomic mass is 79.9. The van der Waals surface area contributed by atoms with Gasteiger partial charge in [-0.15, -0.1) is 0 Å². The maximum Gasteiger partial charge on any atom is 0.329 e. The van der Waals surface area contributed by atoms with Gasteiger partial charge in [-0.2, -0.15) is 0 Å². The van der Waals surface area contributed by atoms with Crippen LogP contribution in [0.3, 0.4) is 0 Å². The van der Waals surface area contributed by atoms with Gasteiger partial charge in [0.2, 0.25) is 0 Å². The van der Waals surface area contributed by atoms with Gasteiger partial charge in [0.25, 0.3) is 5.91 Å². The Morgan fingerprint density at radius 1 is 1.40 bits per heavy atom. The zero-order chi connectivity index (χ0) is 15.5. The molecular formula is C14H18BrNO4. The summed E-state index contributed by atoms with van der Waals surface area (Å²) < 4.78 is 6.38. The van der Waals surface area contributed by atoms with Crippen LogP contribution in [0.2, 0.25) is 0 Å². The van der Waals surface area contributed by atoms with Crippen molar-refractivity contribution in [1.82, 2.24) is 4.90 Å². The topological polar surface area (TPSA) is 66.8 Å². The summed E-state index contributed by atoms with van der Waals surface area (Å²) in [5, 5.41) is 9.13. The molecule has 0 aliphatic carbocycles. The smallest absolute Gasteiger partial charge is 0.329 e. The van der Waals surface area contributed by atoms with Gasteiger partial charge in [0, 0.05) is 11.5 Å². The lowest BCUT2D eigenvalue weighted by atomic mass is 10.0. The number of rotatable bonds is 5. The molecule has 1 N–H and O–H groups in total. The minimum atomic E-state index is -1.29. The molecule has 1 amide bonds. The number of benzene rings is 1. The van der Waals surface area contributed by atoms with Gasteiger partial charge in [-0.1, -0.05) is 22.0 Å². The first-order valence-electron chi connectivity index (χ1n) is 6.09. The van der Waals surface area contributed by atoms with E-state index in [1.807, 2.05) is 6.07 Å². The third-order valence-corrected chi connectivity index (χ3v) is 3.64. The van der Waals surface area contributed by atoms with Crippen molar-refractivity contribution in [1.29, 1.82) is 0 Å². The number of aliphatic carboxylic acids is 1. The van der Waals surface area contributed by atoms with Crippen LogP contribution in [0.15, 0.2) is 28.7 Å². The van der Waals surface area contributed by atoms with Crippen molar-refractivity contribution in [2.45, 2.75) is 32.4 Å². The molecule has 1 rings (SSSR count). The molecule has 0 saturated carbocycles. The first-order valence-corrected chi connectivity index (χ1v) is 6.89. The Labute approximate surface area is 126 Å². The fraction of sp³-hybridized carbons (Fsp3) is 0.429. The molecule has 1 unspecified atom stereocenters. The minimum absolute atomic E-state index is 0.391. The summed E-state index contributed by atoms with van der Waals surface area (Å²) in [4.78, 5) is 24.5. The number of carbonyl (C=O) groups excluding carboxylic acids is 1. The minimum Gasteiger partial charge on any atom is -0.481 e. The highest BCUT2D eigenvalue weighted by Crippen LogP contribution is 2.20. The second kappa shape index (κ2) is 6.26. The Bertz CT molecular complexity index is 516. The zero-order valence-corrected chi connectivity index (χ0v) is 13.5. The van der Waals surface area contributed by atoms with Crippen molar-refractivity contribution in [3.8, 4) is 5.75 Å². The number of likely N-dealkylation sites (N-methyl/N-ethyl adjacent to an activating group) is 1. The van der Waals surface area contributed by atoms with E-state index in [4.69, 9.17) is 9.84 Å². The number of halogens is 1. The Balaban J connectivity index is 2.79. The molecule has 0 saturated heterocycles. The van der Waals surface area contributed by atoms with E-state index in [-0.39, 0.29) is 0 Å². The Hall–Kier alpha value is -1.56. The number of hydrogen-bond donors (Lipinski definition) is 1. The summed E-state index contributed by atoms with van der Waals surface area (Å²) in [5.74, 6) is -0.915. The van der Waals surface area contributed by atoms with Crippen molar-refractivity contribution in [2.75, 3.05) is 7.05 Å². The molecule has 1 aromatic carbocycles. The first-order chi connectivity index (χ1) is 9.16. The Kier molecular flexibility index (Phi) is 5.16. The van der Waals surface area contributed by atoms with Gasteiger partial charge in [0.1, 0.15) is 11.3 Å². The average molecular weight is 344 g/mol. The second-order valence-corrected chi connectivity index (χ2v) is 5.89. The van der Waals surface area contributed by atoms with Crippen LogP contribution in [0.5, 0.6) is 5.75 Å². The molecule has 0 spiro atoms. The van der Waals surface area contributed by atoms with E-state index in [0.717, 1.165) is 4.47 Å². The lowest BCUT2D eigenvalue weighted by Crippen LogP contribution is -2.54. The van der Waals surface area contributed by atoms with Crippen LogP contribution in [0, 0.1) is 0 Å². The third-order valence-electron chi connectivity index (χ3n) is 3.15. The van der Waals surface area contributed by atoms with Gasteiger partial charge >= 0.3 is 5.97 Å². The summed E-state index contributed by atoms with van der Waals surface area (Å²) in [6, 6.07) is 7.11. The SMILES string of the molecule is CC(Oc1cccc(Br)c1)C(=O)N(C)C(C)(C)C(=O)O. The molecule has 5 nitrogen and oxygen atoms in total. The van der Waals surface area contributed by atoms with Crippen LogP contribution >= 0.6 is 15.9 Å². The number of amides is 1.